The highest BCUT2D eigenvalue weighted by molar-refractivity contribution is 5.93. The number of ether oxygens (including phenoxy) is 1. The Hall–Kier alpha value is -2.82. The van der Waals surface area contributed by atoms with Gasteiger partial charge in [-0.25, -0.2) is 0 Å². The van der Waals surface area contributed by atoms with E-state index in [-0.39, 0.29) is 17.7 Å². The third-order valence-electron chi connectivity index (χ3n) is 5.10. The normalized spacial score (nSPS) is 14.7. The molecule has 0 bridgehead atoms. The number of anilines is 1. The second kappa shape index (κ2) is 8.71. The zero-order valence-corrected chi connectivity index (χ0v) is 15.9. The van der Waals surface area contributed by atoms with E-state index in [2.05, 4.69) is 17.4 Å². The molecule has 0 saturated carbocycles. The van der Waals surface area contributed by atoms with E-state index in [0.717, 1.165) is 23.4 Å². The van der Waals surface area contributed by atoms with Crippen molar-refractivity contribution in [3.8, 4) is 5.75 Å². The Morgan fingerprint density at radius 1 is 1.11 bits per heavy atom. The number of hydrogen-bond donors (Lipinski definition) is 1. The van der Waals surface area contributed by atoms with Gasteiger partial charge in [0.05, 0.1) is 7.11 Å². The van der Waals surface area contributed by atoms with Crippen molar-refractivity contribution in [3.63, 3.8) is 0 Å². The SMILES string of the molecule is COc1ccc(NC(=O)C2CCN(C(C)=O)CC2)cc1Cc1ccccc1. The van der Waals surface area contributed by atoms with E-state index < -0.39 is 0 Å². The number of piperidine rings is 1. The Kier molecular flexibility index (Phi) is 6.12. The lowest BCUT2D eigenvalue weighted by Gasteiger charge is -2.30. The van der Waals surface area contributed by atoms with E-state index in [9.17, 15) is 9.59 Å². The molecule has 3 rings (SSSR count). The van der Waals surface area contributed by atoms with Gasteiger partial charge in [-0.05, 0) is 36.6 Å². The van der Waals surface area contributed by atoms with Crippen molar-refractivity contribution in [2.75, 3.05) is 25.5 Å². The van der Waals surface area contributed by atoms with Crippen molar-refractivity contribution in [3.05, 3.63) is 59.7 Å². The number of rotatable bonds is 5. The minimum Gasteiger partial charge on any atom is -0.496 e. The molecule has 142 valence electrons. The molecule has 1 fully saturated rings. The number of methoxy groups -OCH3 is 1. The first kappa shape index (κ1) is 19.0. The fraction of sp³-hybridized carbons (Fsp3) is 0.364. The maximum Gasteiger partial charge on any atom is 0.227 e. The van der Waals surface area contributed by atoms with Crippen molar-refractivity contribution in [1.29, 1.82) is 0 Å². The van der Waals surface area contributed by atoms with E-state index in [1.54, 1.807) is 18.9 Å². The first-order valence-electron chi connectivity index (χ1n) is 9.34. The molecule has 0 aliphatic carbocycles. The highest BCUT2D eigenvalue weighted by atomic mass is 16.5. The Bertz CT molecular complexity index is 796. The summed E-state index contributed by atoms with van der Waals surface area (Å²) in [5, 5.41) is 3.04. The van der Waals surface area contributed by atoms with Gasteiger partial charge in [-0.1, -0.05) is 30.3 Å². The summed E-state index contributed by atoms with van der Waals surface area (Å²) in [5.41, 5.74) is 3.00. The fourth-order valence-electron chi connectivity index (χ4n) is 3.51. The zero-order valence-electron chi connectivity index (χ0n) is 15.9. The standard InChI is InChI=1S/C22H26N2O3/c1-16(25)24-12-10-18(11-13-24)22(26)23-20-8-9-21(27-2)19(15-20)14-17-6-4-3-5-7-17/h3-9,15,18H,10-14H2,1-2H3,(H,23,26). The lowest BCUT2D eigenvalue weighted by molar-refractivity contribution is -0.132. The Morgan fingerprint density at radius 2 is 1.81 bits per heavy atom. The van der Waals surface area contributed by atoms with Gasteiger partial charge in [-0.15, -0.1) is 0 Å². The van der Waals surface area contributed by atoms with Gasteiger partial charge in [0.1, 0.15) is 5.75 Å². The summed E-state index contributed by atoms with van der Waals surface area (Å²) in [7, 11) is 1.66. The summed E-state index contributed by atoms with van der Waals surface area (Å²) in [4.78, 5) is 25.9. The summed E-state index contributed by atoms with van der Waals surface area (Å²) in [6, 6.07) is 15.9. The van der Waals surface area contributed by atoms with Crippen LogP contribution in [0.2, 0.25) is 0 Å². The molecule has 1 N–H and O–H groups in total. The van der Waals surface area contributed by atoms with Crippen molar-refractivity contribution in [2.45, 2.75) is 26.2 Å². The summed E-state index contributed by atoms with van der Waals surface area (Å²) in [5.74, 6) is 0.857. The molecule has 1 aliphatic heterocycles. The first-order valence-corrected chi connectivity index (χ1v) is 9.34. The maximum absolute atomic E-state index is 12.6. The van der Waals surface area contributed by atoms with Crippen LogP contribution in [-0.4, -0.2) is 36.9 Å². The average molecular weight is 366 g/mol. The molecule has 5 nitrogen and oxygen atoms in total. The van der Waals surface area contributed by atoms with Crippen molar-refractivity contribution >= 4 is 17.5 Å². The second-order valence-corrected chi connectivity index (χ2v) is 6.96. The minimum absolute atomic E-state index is 0.0222. The van der Waals surface area contributed by atoms with Crippen molar-refractivity contribution < 1.29 is 14.3 Å². The molecule has 0 radical (unpaired) electrons. The monoisotopic (exact) mass is 366 g/mol. The van der Waals surface area contributed by atoms with Crippen LogP contribution in [0.4, 0.5) is 5.69 Å². The summed E-state index contributed by atoms with van der Waals surface area (Å²) >= 11 is 0. The van der Waals surface area contributed by atoms with Gasteiger partial charge >= 0.3 is 0 Å². The van der Waals surface area contributed by atoms with Gasteiger partial charge in [0, 0.05) is 43.6 Å². The first-order chi connectivity index (χ1) is 13.1. The van der Waals surface area contributed by atoms with Crippen LogP contribution in [0.3, 0.4) is 0 Å². The molecule has 0 unspecified atom stereocenters. The van der Waals surface area contributed by atoms with Crippen LogP contribution in [0.25, 0.3) is 0 Å². The molecule has 1 aliphatic rings. The van der Waals surface area contributed by atoms with E-state index >= 15 is 0 Å². The molecule has 2 aromatic carbocycles. The second-order valence-electron chi connectivity index (χ2n) is 6.96. The third-order valence-corrected chi connectivity index (χ3v) is 5.10. The lowest BCUT2D eigenvalue weighted by atomic mass is 9.95. The van der Waals surface area contributed by atoms with Crippen LogP contribution in [0.5, 0.6) is 5.75 Å². The zero-order chi connectivity index (χ0) is 19.2. The number of benzene rings is 2. The Labute approximate surface area is 160 Å². The number of amides is 2. The largest absolute Gasteiger partial charge is 0.496 e. The quantitative estimate of drug-likeness (QED) is 0.881. The number of carbonyl (C=O) groups excluding carboxylic acids is 2. The molecule has 0 atom stereocenters. The number of hydrogen-bond acceptors (Lipinski definition) is 3. The molecular formula is C22H26N2O3. The molecule has 1 heterocycles. The molecule has 27 heavy (non-hydrogen) atoms. The van der Waals surface area contributed by atoms with Crippen LogP contribution in [0.15, 0.2) is 48.5 Å². The molecule has 0 aromatic heterocycles. The number of carbonyl (C=O) groups is 2. The van der Waals surface area contributed by atoms with Gasteiger partial charge in [0.2, 0.25) is 11.8 Å². The fourth-order valence-corrected chi connectivity index (χ4v) is 3.51. The van der Waals surface area contributed by atoms with Gasteiger partial charge in [0.15, 0.2) is 0 Å². The predicted octanol–water partition coefficient (Wildman–Crippen LogP) is 3.48. The van der Waals surface area contributed by atoms with Crippen LogP contribution < -0.4 is 10.1 Å². The Balaban J connectivity index is 1.67. The molecule has 5 heteroatoms. The van der Waals surface area contributed by atoms with Gasteiger partial charge in [-0.3, -0.25) is 9.59 Å². The maximum atomic E-state index is 12.6. The van der Waals surface area contributed by atoms with Crippen molar-refractivity contribution in [2.24, 2.45) is 5.92 Å². The lowest BCUT2D eigenvalue weighted by Crippen LogP contribution is -2.40. The van der Waals surface area contributed by atoms with Crippen LogP contribution in [0.1, 0.15) is 30.9 Å². The molecule has 2 amide bonds. The summed E-state index contributed by atoms with van der Waals surface area (Å²) in [6.45, 7) is 2.87. The molecular weight excluding hydrogens is 340 g/mol. The topological polar surface area (TPSA) is 58.6 Å². The van der Waals surface area contributed by atoms with Gasteiger partial charge in [-0.2, -0.15) is 0 Å². The van der Waals surface area contributed by atoms with Gasteiger partial charge in [0.25, 0.3) is 0 Å². The number of nitrogens with one attached hydrogen (secondary N) is 1. The minimum atomic E-state index is -0.0553. The van der Waals surface area contributed by atoms with E-state index in [4.69, 9.17) is 4.74 Å². The van der Waals surface area contributed by atoms with E-state index in [1.807, 2.05) is 36.4 Å². The average Bonchev–Trinajstić information content (AvgIpc) is 2.69. The van der Waals surface area contributed by atoms with Crippen LogP contribution >= 0.6 is 0 Å². The van der Waals surface area contributed by atoms with Crippen molar-refractivity contribution in [1.82, 2.24) is 4.90 Å². The summed E-state index contributed by atoms with van der Waals surface area (Å²) < 4.78 is 5.48. The van der Waals surface area contributed by atoms with E-state index in [1.165, 1.54) is 5.56 Å². The Morgan fingerprint density at radius 3 is 2.44 bits per heavy atom. The number of nitrogens with zero attached hydrogens (tertiary/aromatic N) is 1. The predicted molar refractivity (Wildman–Crippen MR) is 106 cm³/mol. The van der Waals surface area contributed by atoms with Crippen LogP contribution in [0, 0.1) is 5.92 Å². The number of likely N-dealkylation sites (tertiary alicyclic amines) is 1. The van der Waals surface area contributed by atoms with E-state index in [0.29, 0.717) is 25.9 Å². The molecule has 0 spiro atoms. The highest BCUT2D eigenvalue weighted by Crippen LogP contribution is 2.26. The molecule has 2 aromatic rings. The van der Waals surface area contributed by atoms with Crippen LogP contribution in [-0.2, 0) is 16.0 Å². The molecule has 1 saturated heterocycles. The van der Waals surface area contributed by atoms with Gasteiger partial charge < -0.3 is 15.0 Å². The third kappa shape index (κ3) is 4.88. The smallest absolute Gasteiger partial charge is 0.227 e. The summed E-state index contributed by atoms with van der Waals surface area (Å²) in [6.07, 6.45) is 2.15. The highest BCUT2D eigenvalue weighted by Gasteiger charge is 2.26.